The molecule has 0 aromatic carbocycles. The molecule has 0 spiro atoms. The van der Waals surface area contributed by atoms with Gasteiger partial charge in [-0.3, -0.25) is 14.6 Å². The number of carbonyl (C=O) groups is 1. The summed E-state index contributed by atoms with van der Waals surface area (Å²) in [6.07, 6.45) is 3.36. The number of likely N-dealkylation sites (N-methyl/N-ethyl adjacent to an activating group) is 1. The minimum absolute atomic E-state index is 0.128. The highest BCUT2D eigenvalue weighted by atomic mass is 32.1. The Kier molecular flexibility index (Phi) is 5.57. The summed E-state index contributed by atoms with van der Waals surface area (Å²) in [7, 11) is 1.76. The fourth-order valence-corrected chi connectivity index (χ4v) is 3.30. The molecule has 0 fully saturated rings. The Morgan fingerprint density at radius 3 is 2.92 bits per heavy atom. The Morgan fingerprint density at radius 1 is 1.35 bits per heavy atom. The first kappa shape index (κ1) is 18.0. The van der Waals surface area contributed by atoms with Gasteiger partial charge in [-0.2, -0.15) is 4.52 Å². The summed E-state index contributed by atoms with van der Waals surface area (Å²) in [6, 6.07) is 7.07. The van der Waals surface area contributed by atoms with Crippen LogP contribution < -0.4 is 15.8 Å². The van der Waals surface area contributed by atoms with Crippen molar-refractivity contribution in [3.63, 3.8) is 0 Å². The second-order valence-corrected chi connectivity index (χ2v) is 6.80. The van der Waals surface area contributed by atoms with Gasteiger partial charge in [0.2, 0.25) is 16.0 Å². The first-order valence-corrected chi connectivity index (χ1v) is 9.16. The van der Waals surface area contributed by atoms with Gasteiger partial charge in [0, 0.05) is 25.0 Å². The molecule has 3 aromatic heterocycles. The van der Waals surface area contributed by atoms with Crippen LogP contribution in [-0.4, -0.2) is 39.1 Å². The van der Waals surface area contributed by atoms with Gasteiger partial charge in [-0.25, -0.2) is 4.98 Å². The van der Waals surface area contributed by atoms with Crippen LogP contribution in [0, 0.1) is 0 Å². The van der Waals surface area contributed by atoms with Crippen LogP contribution in [0.15, 0.2) is 35.3 Å². The molecule has 1 N–H and O–H groups in total. The predicted molar refractivity (Wildman–Crippen MR) is 100 cm³/mol. The molecule has 9 heteroatoms. The number of aryl methyl sites for hydroxylation is 1. The number of nitrogens with zero attached hydrogens (tertiary/aromatic N) is 5. The monoisotopic (exact) mass is 372 g/mol. The van der Waals surface area contributed by atoms with Crippen LogP contribution in [0.25, 0.3) is 4.96 Å². The summed E-state index contributed by atoms with van der Waals surface area (Å²) >= 11 is 1.29. The van der Waals surface area contributed by atoms with Gasteiger partial charge in [-0.05, 0) is 18.6 Å². The number of hydrogen-bond donors (Lipinski definition) is 1. The second kappa shape index (κ2) is 8.05. The number of fused-ring (bicyclic) bond motifs is 1. The van der Waals surface area contributed by atoms with E-state index >= 15 is 0 Å². The summed E-state index contributed by atoms with van der Waals surface area (Å²) in [4.78, 5) is 35.2. The van der Waals surface area contributed by atoms with Crippen molar-refractivity contribution in [3.05, 3.63) is 52.2 Å². The van der Waals surface area contributed by atoms with Gasteiger partial charge in [0.25, 0.3) is 5.56 Å². The van der Waals surface area contributed by atoms with Crippen molar-refractivity contribution in [1.29, 1.82) is 0 Å². The van der Waals surface area contributed by atoms with Crippen molar-refractivity contribution in [2.45, 2.75) is 26.3 Å². The smallest absolute Gasteiger partial charge is 0.275 e. The molecule has 3 aromatic rings. The molecule has 0 aliphatic rings. The van der Waals surface area contributed by atoms with Crippen molar-refractivity contribution in [2.24, 2.45) is 0 Å². The van der Waals surface area contributed by atoms with E-state index in [4.69, 9.17) is 0 Å². The highest BCUT2D eigenvalue weighted by Crippen LogP contribution is 2.20. The maximum atomic E-state index is 12.2. The molecule has 0 bridgehead atoms. The molecule has 1 amide bonds. The van der Waals surface area contributed by atoms with Gasteiger partial charge in [-0.1, -0.05) is 30.7 Å². The van der Waals surface area contributed by atoms with E-state index in [1.54, 1.807) is 18.1 Å². The SMILES string of the molecule is CCCc1cc(=O)n2nc(N(C)CC(=O)NCc3ccccn3)sc2n1. The third-order valence-corrected chi connectivity index (χ3v) is 4.72. The Morgan fingerprint density at radius 2 is 2.19 bits per heavy atom. The largest absolute Gasteiger partial charge is 0.349 e. The van der Waals surface area contributed by atoms with Crippen LogP contribution in [0.5, 0.6) is 0 Å². The van der Waals surface area contributed by atoms with Crippen LogP contribution >= 0.6 is 11.3 Å². The zero-order valence-electron chi connectivity index (χ0n) is 14.7. The highest BCUT2D eigenvalue weighted by Gasteiger charge is 2.14. The number of aromatic nitrogens is 4. The number of anilines is 1. The Balaban J connectivity index is 1.67. The summed E-state index contributed by atoms with van der Waals surface area (Å²) in [5, 5.41) is 7.66. The van der Waals surface area contributed by atoms with Crippen molar-refractivity contribution >= 4 is 27.3 Å². The van der Waals surface area contributed by atoms with E-state index in [0.717, 1.165) is 24.2 Å². The minimum atomic E-state index is -0.200. The zero-order valence-corrected chi connectivity index (χ0v) is 15.5. The maximum absolute atomic E-state index is 12.2. The van der Waals surface area contributed by atoms with Gasteiger partial charge in [0.05, 0.1) is 18.8 Å². The fraction of sp³-hybridized carbons (Fsp3) is 0.353. The van der Waals surface area contributed by atoms with E-state index < -0.39 is 0 Å². The van der Waals surface area contributed by atoms with Crippen LogP contribution in [0.3, 0.4) is 0 Å². The van der Waals surface area contributed by atoms with E-state index in [-0.39, 0.29) is 18.0 Å². The molecule has 136 valence electrons. The lowest BCUT2D eigenvalue weighted by Crippen LogP contribution is -2.35. The Bertz CT molecular complexity index is 953. The number of rotatable bonds is 7. The van der Waals surface area contributed by atoms with E-state index in [1.165, 1.54) is 21.9 Å². The molecule has 0 saturated carbocycles. The molecule has 0 aliphatic heterocycles. The average molecular weight is 372 g/mol. The zero-order chi connectivity index (χ0) is 18.5. The molecule has 0 atom stereocenters. The molecule has 8 nitrogen and oxygen atoms in total. The van der Waals surface area contributed by atoms with Gasteiger partial charge in [0.15, 0.2) is 0 Å². The lowest BCUT2D eigenvalue weighted by atomic mass is 10.2. The molecule has 0 radical (unpaired) electrons. The molecular formula is C17H20N6O2S. The van der Waals surface area contributed by atoms with Crippen molar-refractivity contribution in [3.8, 4) is 0 Å². The minimum Gasteiger partial charge on any atom is -0.349 e. The summed E-state index contributed by atoms with van der Waals surface area (Å²) in [5.74, 6) is -0.149. The van der Waals surface area contributed by atoms with E-state index in [9.17, 15) is 9.59 Å². The third-order valence-electron chi connectivity index (χ3n) is 3.69. The Hall–Kier alpha value is -2.81. The van der Waals surface area contributed by atoms with Gasteiger partial charge in [0.1, 0.15) is 0 Å². The van der Waals surface area contributed by atoms with Crippen LogP contribution in [0.1, 0.15) is 24.7 Å². The second-order valence-electron chi connectivity index (χ2n) is 5.87. The van der Waals surface area contributed by atoms with Crippen LogP contribution in [0.2, 0.25) is 0 Å². The van der Waals surface area contributed by atoms with E-state index in [1.807, 2.05) is 25.1 Å². The van der Waals surface area contributed by atoms with Gasteiger partial charge < -0.3 is 10.2 Å². The molecule has 3 heterocycles. The Labute approximate surface area is 154 Å². The number of amides is 1. The first-order chi connectivity index (χ1) is 12.6. The standard InChI is InChI=1S/C17H20N6O2S/c1-3-6-12-9-15(25)23-16(20-12)26-17(21-23)22(2)11-14(24)19-10-13-7-4-5-8-18-13/h4-5,7-9H,3,6,10-11H2,1-2H3,(H,19,24). The molecule has 3 rings (SSSR count). The average Bonchev–Trinajstić information content (AvgIpc) is 3.06. The van der Waals surface area contributed by atoms with Gasteiger partial charge in [-0.15, -0.1) is 5.10 Å². The molecular weight excluding hydrogens is 352 g/mol. The maximum Gasteiger partial charge on any atom is 0.275 e. The molecule has 0 unspecified atom stereocenters. The highest BCUT2D eigenvalue weighted by molar-refractivity contribution is 7.20. The molecule has 0 saturated heterocycles. The lowest BCUT2D eigenvalue weighted by molar-refractivity contribution is -0.119. The van der Waals surface area contributed by atoms with Crippen LogP contribution in [0.4, 0.5) is 5.13 Å². The summed E-state index contributed by atoms with van der Waals surface area (Å²) in [6.45, 7) is 2.54. The normalized spacial score (nSPS) is 10.8. The third kappa shape index (κ3) is 4.23. The van der Waals surface area contributed by atoms with Crippen molar-refractivity contribution in [1.82, 2.24) is 24.9 Å². The van der Waals surface area contributed by atoms with Crippen molar-refractivity contribution < 1.29 is 4.79 Å². The molecule has 26 heavy (non-hydrogen) atoms. The predicted octanol–water partition coefficient (Wildman–Crippen LogP) is 1.25. The topological polar surface area (TPSA) is 92.5 Å². The van der Waals surface area contributed by atoms with Gasteiger partial charge >= 0.3 is 0 Å². The van der Waals surface area contributed by atoms with E-state index in [2.05, 4.69) is 20.4 Å². The van der Waals surface area contributed by atoms with Crippen LogP contribution in [-0.2, 0) is 17.8 Å². The van der Waals surface area contributed by atoms with E-state index in [0.29, 0.717) is 16.6 Å². The fourth-order valence-electron chi connectivity index (χ4n) is 2.42. The summed E-state index contributed by atoms with van der Waals surface area (Å²) in [5.41, 5.74) is 1.36. The number of hydrogen-bond acceptors (Lipinski definition) is 7. The number of carbonyl (C=O) groups excluding carboxylic acids is 1. The first-order valence-electron chi connectivity index (χ1n) is 8.34. The van der Waals surface area contributed by atoms with Crippen molar-refractivity contribution in [2.75, 3.05) is 18.5 Å². The molecule has 0 aliphatic carbocycles. The lowest BCUT2D eigenvalue weighted by Gasteiger charge is -2.14. The number of pyridine rings is 1. The quantitative estimate of drug-likeness (QED) is 0.671. The summed E-state index contributed by atoms with van der Waals surface area (Å²) < 4.78 is 1.28. The number of nitrogens with one attached hydrogen (secondary N) is 1.